The Kier molecular flexibility index (Phi) is 3.78. The van der Waals surface area contributed by atoms with Crippen LogP contribution in [0, 0.1) is 21.4 Å². The van der Waals surface area contributed by atoms with Gasteiger partial charge in [-0.2, -0.15) is 5.26 Å². The largest absolute Gasteiger partial charge is 0.366 e. The van der Waals surface area contributed by atoms with Crippen LogP contribution < -0.4 is 4.90 Å². The van der Waals surface area contributed by atoms with Gasteiger partial charge in [0.2, 0.25) is 0 Å². The Balaban J connectivity index is 2.36. The lowest BCUT2D eigenvalue weighted by Gasteiger charge is -2.22. The quantitative estimate of drug-likeness (QED) is 0.593. The minimum Gasteiger partial charge on any atom is -0.366 e. The topological polar surface area (TPSA) is 70.2 Å². The third kappa shape index (κ3) is 2.59. The van der Waals surface area contributed by atoms with Crippen LogP contribution in [-0.4, -0.2) is 18.0 Å². The first kappa shape index (κ1) is 12.4. The Labute approximate surface area is 106 Å². The summed E-state index contributed by atoms with van der Waals surface area (Å²) in [7, 11) is 0. The zero-order chi connectivity index (χ0) is 13.0. The van der Waals surface area contributed by atoms with Gasteiger partial charge in [-0.25, -0.2) is 0 Å². The highest BCUT2D eigenvalue weighted by molar-refractivity contribution is 5.65. The lowest BCUT2D eigenvalue weighted by atomic mass is 10.1. The fourth-order valence-electron chi connectivity index (χ4n) is 2.32. The van der Waals surface area contributed by atoms with Crippen LogP contribution >= 0.6 is 0 Å². The van der Waals surface area contributed by atoms with Crippen molar-refractivity contribution in [2.75, 3.05) is 18.0 Å². The van der Waals surface area contributed by atoms with E-state index < -0.39 is 4.92 Å². The van der Waals surface area contributed by atoms with E-state index in [0.717, 1.165) is 25.9 Å². The zero-order valence-electron chi connectivity index (χ0n) is 10.1. The first-order chi connectivity index (χ1) is 8.72. The van der Waals surface area contributed by atoms with Crippen LogP contribution in [0.5, 0.6) is 0 Å². The molecule has 0 aliphatic carbocycles. The van der Waals surface area contributed by atoms with E-state index in [1.165, 1.54) is 18.9 Å². The molecule has 0 amide bonds. The molecule has 0 bridgehead atoms. The molecule has 0 N–H and O–H groups in total. The van der Waals surface area contributed by atoms with E-state index in [1.807, 2.05) is 6.07 Å². The highest BCUT2D eigenvalue weighted by Crippen LogP contribution is 2.30. The second-order valence-corrected chi connectivity index (χ2v) is 4.47. The maximum atomic E-state index is 11.1. The standard InChI is InChI=1S/C13H15N3O2/c14-10-11-5-6-12(13(9-11)16(17)18)15-7-3-1-2-4-8-15/h5-6,9H,1-4,7-8H2. The summed E-state index contributed by atoms with van der Waals surface area (Å²) >= 11 is 0. The molecule has 0 saturated carbocycles. The summed E-state index contributed by atoms with van der Waals surface area (Å²) in [6.07, 6.45) is 4.50. The van der Waals surface area contributed by atoms with Crippen LogP contribution in [0.25, 0.3) is 0 Å². The summed E-state index contributed by atoms with van der Waals surface area (Å²) < 4.78 is 0. The molecule has 1 aromatic rings. The van der Waals surface area contributed by atoms with E-state index in [9.17, 15) is 10.1 Å². The Hall–Kier alpha value is -2.09. The summed E-state index contributed by atoms with van der Waals surface area (Å²) in [5.41, 5.74) is 1.01. The predicted molar refractivity (Wildman–Crippen MR) is 68.5 cm³/mol. The third-order valence-electron chi connectivity index (χ3n) is 3.25. The molecule has 18 heavy (non-hydrogen) atoms. The van der Waals surface area contributed by atoms with Crippen molar-refractivity contribution in [1.29, 1.82) is 5.26 Å². The van der Waals surface area contributed by atoms with Crippen LogP contribution in [0.1, 0.15) is 31.2 Å². The van der Waals surface area contributed by atoms with E-state index in [4.69, 9.17) is 5.26 Å². The highest BCUT2D eigenvalue weighted by atomic mass is 16.6. The molecular formula is C13H15N3O2. The number of nitro benzene ring substituents is 1. The molecule has 1 fully saturated rings. The molecular weight excluding hydrogens is 230 g/mol. The summed E-state index contributed by atoms with van der Waals surface area (Å²) in [5.74, 6) is 0. The van der Waals surface area contributed by atoms with Gasteiger partial charge in [0, 0.05) is 19.2 Å². The van der Waals surface area contributed by atoms with Crippen molar-refractivity contribution in [2.24, 2.45) is 0 Å². The van der Waals surface area contributed by atoms with Crippen LogP contribution in [0.4, 0.5) is 11.4 Å². The lowest BCUT2D eigenvalue weighted by Crippen LogP contribution is -2.24. The second-order valence-electron chi connectivity index (χ2n) is 4.47. The van der Waals surface area contributed by atoms with Gasteiger partial charge >= 0.3 is 0 Å². The van der Waals surface area contributed by atoms with Gasteiger partial charge < -0.3 is 4.90 Å². The number of nitrogens with zero attached hydrogens (tertiary/aromatic N) is 3. The maximum absolute atomic E-state index is 11.1. The number of hydrogen-bond donors (Lipinski definition) is 0. The molecule has 0 radical (unpaired) electrons. The molecule has 1 saturated heterocycles. The van der Waals surface area contributed by atoms with Crippen LogP contribution in [0.2, 0.25) is 0 Å². The van der Waals surface area contributed by atoms with Gasteiger partial charge in [-0.15, -0.1) is 0 Å². The van der Waals surface area contributed by atoms with Crippen LogP contribution in [0.3, 0.4) is 0 Å². The van der Waals surface area contributed by atoms with Crippen molar-refractivity contribution in [1.82, 2.24) is 0 Å². The molecule has 1 aliphatic rings. The lowest BCUT2D eigenvalue weighted by molar-refractivity contribution is -0.384. The molecule has 0 spiro atoms. The minimum atomic E-state index is -0.402. The van der Waals surface area contributed by atoms with Crippen molar-refractivity contribution < 1.29 is 4.92 Å². The predicted octanol–water partition coefficient (Wildman–Crippen LogP) is 2.85. The number of anilines is 1. The molecule has 0 aromatic heterocycles. The van der Waals surface area contributed by atoms with Crippen molar-refractivity contribution >= 4 is 11.4 Å². The van der Waals surface area contributed by atoms with Crippen molar-refractivity contribution in [3.05, 3.63) is 33.9 Å². The van der Waals surface area contributed by atoms with Crippen molar-refractivity contribution in [3.63, 3.8) is 0 Å². The number of hydrogen-bond acceptors (Lipinski definition) is 4. The molecule has 0 unspecified atom stereocenters. The summed E-state index contributed by atoms with van der Waals surface area (Å²) in [4.78, 5) is 12.7. The smallest absolute Gasteiger partial charge is 0.293 e. The summed E-state index contributed by atoms with van der Waals surface area (Å²) in [6.45, 7) is 1.71. The van der Waals surface area contributed by atoms with Gasteiger partial charge in [0.1, 0.15) is 5.69 Å². The molecule has 2 rings (SSSR count). The van der Waals surface area contributed by atoms with Gasteiger partial charge in [0.25, 0.3) is 5.69 Å². The molecule has 0 atom stereocenters. The van der Waals surface area contributed by atoms with Gasteiger partial charge in [-0.3, -0.25) is 10.1 Å². The summed E-state index contributed by atoms with van der Waals surface area (Å²) in [5, 5.41) is 19.9. The Morgan fingerprint density at radius 3 is 2.44 bits per heavy atom. The number of nitro groups is 1. The first-order valence-electron chi connectivity index (χ1n) is 6.16. The second kappa shape index (κ2) is 5.50. The molecule has 5 heteroatoms. The molecule has 5 nitrogen and oxygen atoms in total. The zero-order valence-corrected chi connectivity index (χ0v) is 10.1. The SMILES string of the molecule is N#Cc1ccc(N2CCCCCC2)c([N+](=O)[O-])c1. The summed E-state index contributed by atoms with van der Waals surface area (Å²) in [6, 6.07) is 6.65. The van der Waals surface area contributed by atoms with E-state index >= 15 is 0 Å². The Bertz CT molecular complexity index is 485. The van der Waals surface area contributed by atoms with E-state index in [1.54, 1.807) is 12.1 Å². The fourth-order valence-corrected chi connectivity index (χ4v) is 2.32. The number of rotatable bonds is 2. The molecule has 1 aromatic carbocycles. The van der Waals surface area contributed by atoms with E-state index in [2.05, 4.69) is 4.90 Å². The van der Waals surface area contributed by atoms with E-state index in [-0.39, 0.29) is 5.69 Å². The average Bonchev–Trinajstić information content (AvgIpc) is 2.66. The molecule has 94 valence electrons. The average molecular weight is 245 g/mol. The Morgan fingerprint density at radius 2 is 1.89 bits per heavy atom. The van der Waals surface area contributed by atoms with Gasteiger partial charge in [-0.1, -0.05) is 12.8 Å². The highest BCUT2D eigenvalue weighted by Gasteiger charge is 2.20. The van der Waals surface area contributed by atoms with Crippen LogP contribution in [-0.2, 0) is 0 Å². The molecule has 1 aliphatic heterocycles. The third-order valence-corrected chi connectivity index (χ3v) is 3.25. The van der Waals surface area contributed by atoms with Crippen molar-refractivity contribution in [2.45, 2.75) is 25.7 Å². The maximum Gasteiger partial charge on any atom is 0.293 e. The normalized spacial score (nSPS) is 15.8. The Morgan fingerprint density at radius 1 is 1.22 bits per heavy atom. The number of nitriles is 1. The fraction of sp³-hybridized carbons (Fsp3) is 0.462. The van der Waals surface area contributed by atoms with E-state index in [0.29, 0.717) is 11.3 Å². The van der Waals surface area contributed by atoms with Gasteiger partial charge in [0.05, 0.1) is 16.6 Å². The molecule has 1 heterocycles. The van der Waals surface area contributed by atoms with Gasteiger partial charge in [0.15, 0.2) is 0 Å². The monoisotopic (exact) mass is 245 g/mol. The number of benzene rings is 1. The minimum absolute atomic E-state index is 0.0379. The van der Waals surface area contributed by atoms with Crippen molar-refractivity contribution in [3.8, 4) is 6.07 Å². The van der Waals surface area contributed by atoms with Crippen LogP contribution in [0.15, 0.2) is 18.2 Å². The first-order valence-corrected chi connectivity index (χ1v) is 6.16. The van der Waals surface area contributed by atoms with Gasteiger partial charge in [-0.05, 0) is 25.0 Å².